The highest BCUT2D eigenvalue weighted by Crippen LogP contribution is 2.61. The Balaban J connectivity index is 0.000000314. The molecule has 2 aliphatic rings. The molecule has 1 aliphatic heterocycles. The van der Waals surface area contributed by atoms with Crippen molar-refractivity contribution in [2.45, 2.75) is 105 Å². The Morgan fingerprint density at radius 2 is 2.00 bits per heavy atom. The molecule has 0 spiro atoms. The first-order valence-electron chi connectivity index (χ1n) is 14.6. The van der Waals surface area contributed by atoms with Gasteiger partial charge in [0.15, 0.2) is 0 Å². The van der Waals surface area contributed by atoms with Crippen molar-refractivity contribution in [1.29, 1.82) is 5.41 Å². The maximum atomic E-state index is 13.2. The minimum Gasteiger partial charge on any atom is -0.356 e. The van der Waals surface area contributed by atoms with Gasteiger partial charge in [-0.3, -0.25) is 14.3 Å². The average Bonchev–Trinajstić information content (AvgIpc) is 3.37. The van der Waals surface area contributed by atoms with E-state index in [-0.39, 0.29) is 37.5 Å². The Hall–Kier alpha value is -3.44. The highest BCUT2D eigenvalue weighted by atomic mass is 19.4. The smallest absolute Gasteiger partial charge is 0.356 e. The predicted octanol–water partition coefficient (Wildman–Crippen LogP) is 6.44. The molecular weight excluding hydrogens is 547 g/mol. The minimum atomic E-state index is -4.20. The summed E-state index contributed by atoms with van der Waals surface area (Å²) >= 11 is 0. The molecule has 2 atom stereocenters. The van der Waals surface area contributed by atoms with Gasteiger partial charge in [0.1, 0.15) is 11.5 Å². The number of aromatic amines is 1. The van der Waals surface area contributed by atoms with Crippen LogP contribution in [0.4, 0.5) is 13.2 Å². The van der Waals surface area contributed by atoms with Gasteiger partial charge in [0, 0.05) is 31.4 Å². The summed E-state index contributed by atoms with van der Waals surface area (Å²) in [7, 11) is 0. The molecular formula is C30H46F3N7O2. The van der Waals surface area contributed by atoms with Crippen LogP contribution in [0.2, 0.25) is 0 Å². The van der Waals surface area contributed by atoms with Gasteiger partial charge in [-0.25, -0.2) is 4.98 Å². The molecule has 3 heterocycles. The van der Waals surface area contributed by atoms with Crippen LogP contribution < -0.4 is 10.6 Å². The molecule has 42 heavy (non-hydrogen) atoms. The van der Waals surface area contributed by atoms with Crippen molar-refractivity contribution >= 4 is 17.5 Å². The zero-order valence-electron chi connectivity index (χ0n) is 25.6. The molecule has 0 aromatic carbocycles. The lowest BCUT2D eigenvalue weighted by atomic mass is 9.95. The normalized spacial score (nSPS) is 18.5. The molecule has 4 rings (SSSR count). The molecule has 9 nitrogen and oxygen atoms in total. The van der Waals surface area contributed by atoms with Crippen molar-refractivity contribution < 1.29 is 22.8 Å². The molecule has 1 saturated carbocycles. The number of nitrogens with one attached hydrogen (secondary N) is 4. The number of imidazole rings is 1. The van der Waals surface area contributed by atoms with Crippen molar-refractivity contribution in [3.05, 3.63) is 47.3 Å². The van der Waals surface area contributed by atoms with E-state index in [1.165, 1.54) is 11.8 Å². The number of aryl methyl sites for hydroxylation is 2. The molecule has 1 saturated heterocycles. The lowest BCUT2D eigenvalue weighted by molar-refractivity contribution is -0.189. The third kappa shape index (κ3) is 10.8. The second kappa shape index (κ2) is 15.7. The largest absolute Gasteiger partial charge is 0.394 e. The van der Waals surface area contributed by atoms with Crippen molar-refractivity contribution in [2.75, 3.05) is 6.54 Å². The maximum Gasteiger partial charge on any atom is 0.394 e. The summed E-state index contributed by atoms with van der Waals surface area (Å²) < 4.78 is 41.2. The van der Waals surface area contributed by atoms with Gasteiger partial charge >= 0.3 is 6.18 Å². The summed E-state index contributed by atoms with van der Waals surface area (Å²) in [6.07, 6.45) is 4.08. The SMILES string of the molecule is CC1CCC(=O)NC1.CCC(C)=CC(C)=N.CCn1nccc1C(=O)NC(CCC1(C(F)(F)F)CC1)c1cnc(C)[nH]1. The minimum absolute atomic E-state index is 0.0213. The van der Waals surface area contributed by atoms with Crippen molar-refractivity contribution in [1.82, 2.24) is 30.4 Å². The third-order valence-corrected chi connectivity index (χ3v) is 7.55. The molecule has 2 unspecified atom stereocenters. The summed E-state index contributed by atoms with van der Waals surface area (Å²) in [6, 6.07) is 1.02. The Morgan fingerprint density at radius 1 is 1.31 bits per heavy atom. The molecule has 2 aromatic rings. The number of hydrogen-bond acceptors (Lipinski definition) is 5. The third-order valence-electron chi connectivity index (χ3n) is 7.55. The van der Waals surface area contributed by atoms with E-state index in [2.05, 4.69) is 39.5 Å². The van der Waals surface area contributed by atoms with Crippen LogP contribution >= 0.6 is 0 Å². The van der Waals surface area contributed by atoms with E-state index in [1.54, 1.807) is 30.8 Å². The van der Waals surface area contributed by atoms with Gasteiger partial charge in [-0.1, -0.05) is 19.4 Å². The Bertz CT molecular complexity index is 1200. The topological polar surface area (TPSA) is 129 Å². The quantitative estimate of drug-likeness (QED) is 0.249. The summed E-state index contributed by atoms with van der Waals surface area (Å²) in [4.78, 5) is 30.2. The highest BCUT2D eigenvalue weighted by molar-refractivity contribution is 5.92. The van der Waals surface area contributed by atoms with Crippen LogP contribution in [0.1, 0.15) is 108 Å². The van der Waals surface area contributed by atoms with Gasteiger partial charge in [0.05, 0.1) is 23.3 Å². The van der Waals surface area contributed by atoms with Crippen LogP contribution in [-0.2, 0) is 11.3 Å². The number of rotatable bonds is 9. The fourth-order valence-electron chi connectivity index (χ4n) is 4.51. The van der Waals surface area contributed by atoms with Gasteiger partial charge in [-0.15, -0.1) is 0 Å². The van der Waals surface area contributed by atoms with Crippen molar-refractivity contribution in [3.8, 4) is 0 Å². The molecule has 0 bridgehead atoms. The zero-order valence-corrected chi connectivity index (χ0v) is 25.6. The molecule has 12 heteroatoms. The number of hydrogen-bond donors (Lipinski definition) is 4. The summed E-state index contributed by atoms with van der Waals surface area (Å²) in [5.41, 5.74) is 1.31. The van der Waals surface area contributed by atoms with Crippen LogP contribution in [0.25, 0.3) is 0 Å². The van der Waals surface area contributed by atoms with Crippen molar-refractivity contribution in [2.24, 2.45) is 11.3 Å². The zero-order chi connectivity index (χ0) is 31.5. The number of nitrogens with zero attached hydrogens (tertiary/aromatic N) is 3. The highest BCUT2D eigenvalue weighted by Gasteiger charge is 2.62. The monoisotopic (exact) mass is 593 g/mol. The first kappa shape index (κ1) is 34.8. The van der Waals surface area contributed by atoms with Crippen LogP contribution in [0.15, 0.2) is 30.1 Å². The molecule has 234 valence electrons. The maximum absolute atomic E-state index is 13.2. The molecule has 4 N–H and O–H groups in total. The summed E-state index contributed by atoms with van der Waals surface area (Å²) in [5.74, 6) is 1.18. The number of aromatic nitrogens is 4. The van der Waals surface area contributed by atoms with E-state index >= 15 is 0 Å². The molecule has 1 aliphatic carbocycles. The standard InChI is InChI=1S/C17H22F3N5O.C7H13N.C6H11NO/c1-3-25-14(5-9-22-25)15(26)24-12(13-10-21-11(2)23-13)4-6-16(7-8-16)17(18,19)20;1-4-6(2)5-7(3)8;1-5-2-3-6(8)7-4-5/h5,9-10,12H,3-4,6-8H2,1-2H3,(H,21,23)(H,24,26);5,8H,4H2,1-3H3;5H,2-4H2,1H3,(H,7,8). The van der Waals surface area contributed by atoms with E-state index in [0.29, 0.717) is 35.4 Å². The van der Waals surface area contributed by atoms with Gasteiger partial charge in [-0.2, -0.15) is 18.3 Å². The summed E-state index contributed by atoms with van der Waals surface area (Å²) in [6.45, 7) is 13.1. The second-order valence-electron chi connectivity index (χ2n) is 11.3. The number of amides is 2. The van der Waals surface area contributed by atoms with Gasteiger partial charge in [0.2, 0.25) is 5.91 Å². The number of carbonyl (C=O) groups is 2. The number of piperidine rings is 1. The second-order valence-corrected chi connectivity index (χ2v) is 11.3. The lowest BCUT2D eigenvalue weighted by Gasteiger charge is -2.23. The Kier molecular flexibility index (Phi) is 13.0. The predicted molar refractivity (Wildman–Crippen MR) is 157 cm³/mol. The number of alkyl halides is 3. The van der Waals surface area contributed by atoms with Crippen LogP contribution in [-0.4, -0.2) is 50.0 Å². The molecule has 0 radical (unpaired) electrons. The number of H-pyrrole nitrogens is 1. The fraction of sp³-hybridized carbons (Fsp3) is 0.633. The molecule has 2 aromatic heterocycles. The number of allylic oxidation sites excluding steroid dienone is 2. The van der Waals surface area contributed by atoms with E-state index in [1.807, 2.05) is 19.9 Å². The number of halogens is 3. The molecule has 2 fully saturated rings. The lowest BCUT2D eigenvalue weighted by Crippen LogP contribution is -2.33. The average molecular weight is 594 g/mol. The Morgan fingerprint density at radius 3 is 2.43 bits per heavy atom. The first-order valence-corrected chi connectivity index (χ1v) is 14.6. The fourth-order valence-corrected chi connectivity index (χ4v) is 4.51. The van der Waals surface area contributed by atoms with E-state index < -0.39 is 17.6 Å². The van der Waals surface area contributed by atoms with Crippen LogP contribution in [0.3, 0.4) is 0 Å². The van der Waals surface area contributed by atoms with Crippen molar-refractivity contribution in [3.63, 3.8) is 0 Å². The van der Waals surface area contributed by atoms with Gasteiger partial charge < -0.3 is 21.0 Å². The van der Waals surface area contributed by atoms with E-state index in [4.69, 9.17) is 5.41 Å². The van der Waals surface area contributed by atoms with Gasteiger partial charge in [0.25, 0.3) is 5.91 Å². The van der Waals surface area contributed by atoms with Crippen LogP contribution in [0.5, 0.6) is 0 Å². The summed E-state index contributed by atoms with van der Waals surface area (Å²) in [5, 5.41) is 16.7. The first-order chi connectivity index (χ1) is 19.7. The Labute approximate surface area is 246 Å². The van der Waals surface area contributed by atoms with Crippen LogP contribution in [0, 0.1) is 23.7 Å². The molecule has 2 amide bonds. The van der Waals surface area contributed by atoms with Gasteiger partial charge in [-0.05, 0) is 84.3 Å². The van der Waals surface area contributed by atoms with E-state index in [9.17, 15) is 22.8 Å². The number of carbonyl (C=O) groups excluding carboxylic acids is 2. The van der Waals surface area contributed by atoms with E-state index in [0.717, 1.165) is 25.8 Å².